The third kappa shape index (κ3) is 5.52. The van der Waals surface area contributed by atoms with Gasteiger partial charge in [-0.1, -0.05) is 0 Å². The number of nitrogens with zero attached hydrogens (tertiary/aromatic N) is 1. The van der Waals surface area contributed by atoms with Gasteiger partial charge in [0.2, 0.25) is 0 Å². The Morgan fingerprint density at radius 2 is 1.89 bits per heavy atom. The van der Waals surface area contributed by atoms with Crippen LogP contribution in [-0.2, 0) is 14.3 Å². The smallest absolute Gasteiger partial charge is 0.407 e. The van der Waals surface area contributed by atoms with Gasteiger partial charge in [-0.05, 0) is 19.3 Å². The second-order valence-corrected chi connectivity index (χ2v) is 4.07. The van der Waals surface area contributed by atoms with Crippen molar-refractivity contribution in [3.05, 3.63) is 12.2 Å². The lowest BCUT2D eigenvalue weighted by Crippen LogP contribution is -2.31. The molecule has 1 aliphatic rings. The molecule has 0 spiro atoms. The lowest BCUT2D eigenvalue weighted by atomic mass is 10.2. The number of imide groups is 1. The molecule has 3 amide bonds. The molecule has 0 aromatic rings. The largest absolute Gasteiger partial charge is 0.448 e. The van der Waals surface area contributed by atoms with Crippen molar-refractivity contribution < 1.29 is 19.1 Å². The second-order valence-electron chi connectivity index (χ2n) is 4.07. The van der Waals surface area contributed by atoms with Gasteiger partial charge in [0.25, 0.3) is 11.8 Å². The molecule has 0 unspecified atom stereocenters. The molecule has 0 aromatic heterocycles. The minimum absolute atomic E-state index is 0.206. The summed E-state index contributed by atoms with van der Waals surface area (Å²) >= 11 is 0. The van der Waals surface area contributed by atoms with Gasteiger partial charge < -0.3 is 15.8 Å². The lowest BCUT2D eigenvalue weighted by Gasteiger charge is -2.13. The van der Waals surface area contributed by atoms with Crippen molar-refractivity contribution in [2.24, 2.45) is 5.73 Å². The van der Waals surface area contributed by atoms with Crippen LogP contribution in [0.15, 0.2) is 12.2 Å². The van der Waals surface area contributed by atoms with Crippen molar-refractivity contribution in [3.63, 3.8) is 0 Å². The Labute approximate surface area is 111 Å². The van der Waals surface area contributed by atoms with E-state index >= 15 is 0 Å². The second kappa shape index (κ2) is 8.25. The van der Waals surface area contributed by atoms with Crippen LogP contribution in [0.2, 0.25) is 0 Å². The van der Waals surface area contributed by atoms with Crippen LogP contribution in [0.25, 0.3) is 0 Å². The van der Waals surface area contributed by atoms with Crippen molar-refractivity contribution in [2.45, 2.75) is 19.3 Å². The summed E-state index contributed by atoms with van der Waals surface area (Å²) in [5.41, 5.74) is 5.18. The van der Waals surface area contributed by atoms with Crippen molar-refractivity contribution >= 4 is 17.9 Å². The number of carbonyl (C=O) groups excluding carboxylic acids is 3. The first kappa shape index (κ1) is 15.2. The number of hydrogen-bond acceptors (Lipinski definition) is 5. The number of carbonyl (C=O) groups is 3. The number of hydrogen-bond donors (Lipinski definition) is 2. The number of nitrogens with one attached hydrogen (secondary N) is 1. The summed E-state index contributed by atoms with van der Waals surface area (Å²) in [6.07, 6.45) is 4.38. The average molecular weight is 269 g/mol. The van der Waals surface area contributed by atoms with E-state index in [0.29, 0.717) is 19.6 Å². The Kier molecular flexibility index (Phi) is 6.59. The molecule has 19 heavy (non-hydrogen) atoms. The number of ether oxygens (including phenoxy) is 1. The molecule has 0 aliphatic carbocycles. The molecule has 3 N–H and O–H groups in total. The molecule has 7 heteroatoms. The van der Waals surface area contributed by atoms with Gasteiger partial charge in [0.15, 0.2) is 0 Å². The molecule has 1 rings (SSSR count). The molecular formula is C12H19N3O4. The normalized spacial score (nSPS) is 14.1. The van der Waals surface area contributed by atoms with E-state index in [9.17, 15) is 14.4 Å². The van der Waals surface area contributed by atoms with E-state index in [1.54, 1.807) is 0 Å². The first-order valence-corrected chi connectivity index (χ1v) is 6.29. The summed E-state index contributed by atoms with van der Waals surface area (Å²) in [4.78, 5) is 34.7. The van der Waals surface area contributed by atoms with Crippen LogP contribution in [0.4, 0.5) is 4.79 Å². The SMILES string of the molecule is NCCOC(=O)NCCCCCN1C(=O)C=CC1=O. The predicted molar refractivity (Wildman–Crippen MR) is 68.1 cm³/mol. The highest BCUT2D eigenvalue weighted by Crippen LogP contribution is 2.06. The van der Waals surface area contributed by atoms with Crippen molar-refractivity contribution in [3.8, 4) is 0 Å². The molecule has 7 nitrogen and oxygen atoms in total. The van der Waals surface area contributed by atoms with Crippen LogP contribution in [0.3, 0.4) is 0 Å². The van der Waals surface area contributed by atoms with Crippen molar-refractivity contribution in [2.75, 3.05) is 26.2 Å². The van der Waals surface area contributed by atoms with Gasteiger partial charge in [-0.25, -0.2) is 4.79 Å². The maximum Gasteiger partial charge on any atom is 0.407 e. The zero-order chi connectivity index (χ0) is 14.1. The highest BCUT2D eigenvalue weighted by atomic mass is 16.5. The van der Waals surface area contributed by atoms with Gasteiger partial charge in [0.1, 0.15) is 6.61 Å². The van der Waals surface area contributed by atoms with Gasteiger partial charge >= 0.3 is 6.09 Å². The molecule has 0 aromatic carbocycles. The highest BCUT2D eigenvalue weighted by Gasteiger charge is 2.21. The van der Waals surface area contributed by atoms with Crippen LogP contribution in [0, 0.1) is 0 Å². The van der Waals surface area contributed by atoms with Crippen molar-refractivity contribution in [1.29, 1.82) is 0 Å². The minimum Gasteiger partial charge on any atom is -0.448 e. The number of nitrogens with two attached hydrogens (primary N) is 1. The van der Waals surface area contributed by atoms with Crippen molar-refractivity contribution in [1.82, 2.24) is 10.2 Å². The lowest BCUT2D eigenvalue weighted by molar-refractivity contribution is -0.136. The Balaban J connectivity index is 1.98. The Hall–Kier alpha value is -1.89. The van der Waals surface area contributed by atoms with Crippen LogP contribution in [0.5, 0.6) is 0 Å². The standard InChI is InChI=1S/C12H19N3O4/c13-6-9-19-12(18)14-7-2-1-3-8-15-10(16)4-5-11(15)17/h4-5H,1-3,6-9,13H2,(H,14,18). The fourth-order valence-corrected chi connectivity index (χ4v) is 1.62. The predicted octanol–water partition coefficient (Wildman–Crippen LogP) is -0.233. The van der Waals surface area contributed by atoms with E-state index in [-0.39, 0.29) is 18.4 Å². The van der Waals surface area contributed by atoms with Gasteiger partial charge in [0.05, 0.1) is 0 Å². The van der Waals surface area contributed by atoms with E-state index in [4.69, 9.17) is 10.5 Å². The van der Waals surface area contributed by atoms with E-state index < -0.39 is 6.09 Å². The molecule has 0 atom stereocenters. The van der Waals surface area contributed by atoms with Crippen LogP contribution in [-0.4, -0.2) is 49.0 Å². The molecule has 1 heterocycles. The number of amides is 3. The number of alkyl carbamates (subject to hydrolysis) is 1. The van der Waals surface area contributed by atoms with Gasteiger partial charge in [-0.2, -0.15) is 0 Å². The van der Waals surface area contributed by atoms with Gasteiger partial charge in [-0.15, -0.1) is 0 Å². The van der Waals surface area contributed by atoms with Crippen LogP contribution < -0.4 is 11.1 Å². The average Bonchev–Trinajstić information content (AvgIpc) is 2.71. The Bertz CT molecular complexity index is 350. The Morgan fingerprint density at radius 3 is 2.53 bits per heavy atom. The Morgan fingerprint density at radius 1 is 1.21 bits per heavy atom. The molecule has 0 saturated carbocycles. The third-order valence-corrected chi connectivity index (χ3v) is 2.58. The summed E-state index contributed by atoms with van der Waals surface area (Å²) < 4.78 is 4.73. The molecule has 1 aliphatic heterocycles. The summed E-state index contributed by atoms with van der Waals surface area (Å²) in [6, 6.07) is 0. The van der Waals surface area contributed by atoms with E-state index in [2.05, 4.69) is 5.32 Å². The molecule has 0 fully saturated rings. The summed E-state index contributed by atoms with van der Waals surface area (Å²) in [7, 11) is 0. The minimum atomic E-state index is -0.473. The summed E-state index contributed by atoms with van der Waals surface area (Å²) in [5.74, 6) is -0.512. The van der Waals surface area contributed by atoms with Crippen LogP contribution in [0.1, 0.15) is 19.3 Å². The highest BCUT2D eigenvalue weighted by molar-refractivity contribution is 6.12. The zero-order valence-electron chi connectivity index (χ0n) is 10.8. The molecule has 0 radical (unpaired) electrons. The van der Waals surface area contributed by atoms with Gasteiger partial charge in [-0.3, -0.25) is 14.5 Å². The summed E-state index contributed by atoms with van der Waals surface area (Å²) in [6.45, 7) is 1.43. The monoisotopic (exact) mass is 269 g/mol. The van der Waals surface area contributed by atoms with E-state index in [0.717, 1.165) is 19.3 Å². The van der Waals surface area contributed by atoms with Gasteiger partial charge in [0, 0.05) is 31.8 Å². The number of unbranched alkanes of at least 4 members (excludes halogenated alkanes) is 2. The zero-order valence-corrected chi connectivity index (χ0v) is 10.8. The maximum absolute atomic E-state index is 11.2. The molecule has 106 valence electrons. The molecule has 0 saturated heterocycles. The third-order valence-electron chi connectivity index (χ3n) is 2.58. The summed E-state index contributed by atoms with van der Waals surface area (Å²) in [5, 5.41) is 2.59. The molecule has 0 bridgehead atoms. The maximum atomic E-state index is 11.2. The van der Waals surface area contributed by atoms with Crippen LogP contribution >= 0.6 is 0 Å². The first-order valence-electron chi connectivity index (χ1n) is 6.29. The van der Waals surface area contributed by atoms with E-state index in [1.807, 2.05) is 0 Å². The topological polar surface area (TPSA) is 102 Å². The first-order chi connectivity index (χ1) is 9.15. The number of rotatable bonds is 8. The fraction of sp³-hybridized carbons (Fsp3) is 0.583. The quantitative estimate of drug-likeness (QED) is 0.468. The molecular weight excluding hydrogens is 250 g/mol. The van der Waals surface area contributed by atoms with E-state index in [1.165, 1.54) is 17.1 Å². The fourth-order valence-electron chi connectivity index (χ4n) is 1.62.